The number of ketones is 1. The number of benzene rings is 3. The van der Waals surface area contributed by atoms with Gasteiger partial charge in [-0.15, -0.1) is 0 Å². The number of aryl methyl sites for hydroxylation is 1. The number of hydrogen-bond acceptors (Lipinski definition) is 4. The number of Topliss-reactive ketones (excluding diaryl/α,β-unsaturated/α-hetero) is 1. The summed E-state index contributed by atoms with van der Waals surface area (Å²) < 4.78 is 34.1. The zero-order valence-electron chi connectivity index (χ0n) is 17.3. The van der Waals surface area contributed by atoms with E-state index in [1.807, 2.05) is 0 Å². The maximum absolute atomic E-state index is 14.9. The number of rotatable bonds is 4. The Morgan fingerprint density at radius 3 is 2.38 bits per heavy atom. The molecule has 1 aliphatic heterocycles. The van der Waals surface area contributed by atoms with Crippen LogP contribution in [-0.4, -0.2) is 23.9 Å². The Labute approximate surface area is 183 Å². The van der Waals surface area contributed by atoms with Gasteiger partial charge in [-0.3, -0.25) is 14.5 Å². The third kappa shape index (κ3) is 3.41. The van der Waals surface area contributed by atoms with Crippen LogP contribution in [0.1, 0.15) is 22.7 Å². The van der Waals surface area contributed by atoms with Gasteiger partial charge in [0.15, 0.2) is 0 Å². The van der Waals surface area contributed by atoms with Crippen LogP contribution in [0.15, 0.2) is 72.3 Å². The summed E-state index contributed by atoms with van der Waals surface area (Å²) in [7, 11) is 1.32. The number of halogens is 2. The molecule has 162 valence electrons. The van der Waals surface area contributed by atoms with Crippen molar-refractivity contribution in [3.8, 4) is 5.75 Å². The Morgan fingerprint density at radius 1 is 1.00 bits per heavy atom. The average Bonchev–Trinajstić information content (AvgIpc) is 3.04. The first-order chi connectivity index (χ1) is 15.3. The summed E-state index contributed by atoms with van der Waals surface area (Å²) in [5.41, 5.74) is 0.628. The molecule has 4 rings (SSSR count). The van der Waals surface area contributed by atoms with Gasteiger partial charge in [-0.1, -0.05) is 36.4 Å². The first-order valence-corrected chi connectivity index (χ1v) is 9.80. The number of amides is 1. The van der Waals surface area contributed by atoms with E-state index in [0.29, 0.717) is 11.3 Å². The van der Waals surface area contributed by atoms with Crippen molar-refractivity contribution in [2.75, 3.05) is 12.0 Å². The highest BCUT2D eigenvalue weighted by Crippen LogP contribution is 2.44. The van der Waals surface area contributed by atoms with Crippen molar-refractivity contribution < 1.29 is 28.2 Å². The van der Waals surface area contributed by atoms with Gasteiger partial charge in [-0.25, -0.2) is 8.78 Å². The molecule has 1 aliphatic rings. The minimum atomic E-state index is -1.26. The van der Waals surface area contributed by atoms with E-state index >= 15 is 0 Å². The Morgan fingerprint density at radius 2 is 1.69 bits per heavy atom. The molecule has 1 heterocycles. The third-order valence-corrected chi connectivity index (χ3v) is 5.44. The summed E-state index contributed by atoms with van der Waals surface area (Å²) in [6.07, 6.45) is 0. The normalized spacial score (nSPS) is 17.6. The van der Waals surface area contributed by atoms with E-state index in [1.54, 1.807) is 37.3 Å². The van der Waals surface area contributed by atoms with E-state index < -0.39 is 35.1 Å². The van der Waals surface area contributed by atoms with Crippen LogP contribution in [0.3, 0.4) is 0 Å². The Balaban J connectivity index is 2.04. The molecular weight excluding hydrogens is 416 g/mol. The number of nitrogens with zero attached hydrogens (tertiary/aromatic N) is 1. The number of carbonyl (C=O) groups excluding carboxylic acids is 2. The van der Waals surface area contributed by atoms with Crippen molar-refractivity contribution in [1.82, 2.24) is 0 Å². The van der Waals surface area contributed by atoms with Gasteiger partial charge in [0.2, 0.25) is 0 Å². The Hall–Kier alpha value is -4.00. The largest absolute Gasteiger partial charge is 0.507 e. The monoisotopic (exact) mass is 435 g/mol. The molecule has 7 heteroatoms. The summed E-state index contributed by atoms with van der Waals surface area (Å²) in [6, 6.07) is 14.7. The highest BCUT2D eigenvalue weighted by Gasteiger charge is 2.48. The third-order valence-electron chi connectivity index (χ3n) is 5.44. The molecule has 1 saturated heterocycles. The van der Waals surface area contributed by atoms with Gasteiger partial charge >= 0.3 is 0 Å². The van der Waals surface area contributed by atoms with Crippen LogP contribution in [0, 0.1) is 18.6 Å². The SMILES string of the molecule is COc1ccc(F)cc1/C(O)=C1\C(=O)C(=O)N(c2ccccc2C)C1c1ccccc1F. The number of ether oxygens (including phenoxy) is 1. The maximum atomic E-state index is 14.9. The summed E-state index contributed by atoms with van der Waals surface area (Å²) >= 11 is 0. The predicted molar refractivity (Wildman–Crippen MR) is 115 cm³/mol. The quantitative estimate of drug-likeness (QED) is 0.359. The first-order valence-electron chi connectivity index (χ1n) is 9.80. The predicted octanol–water partition coefficient (Wildman–Crippen LogP) is 4.91. The number of carbonyl (C=O) groups is 2. The second-order valence-electron chi connectivity index (χ2n) is 7.32. The van der Waals surface area contributed by atoms with Crippen LogP contribution in [-0.2, 0) is 9.59 Å². The Bertz CT molecular complexity index is 1270. The molecule has 0 bridgehead atoms. The van der Waals surface area contributed by atoms with Gasteiger partial charge < -0.3 is 9.84 Å². The van der Waals surface area contributed by atoms with Gasteiger partial charge in [0.1, 0.15) is 23.1 Å². The van der Waals surface area contributed by atoms with Crippen molar-refractivity contribution in [3.05, 3.63) is 101 Å². The first kappa shape index (κ1) is 21.2. The molecule has 32 heavy (non-hydrogen) atoms. The summed E-state index contributed by atoms with van der Waals surface area (Å²) in [6.45, 7) is 1.75. The number of methoxy groups -OCH3 is 1. The molecule has 1 fully saturated rings. The van der Waals surface area contributed by atoms with Crippen LogP contribution in [0.5, 0.6) is 5.75 Å². The van der Waals surface area contributed by atoms with Crippen molar-refractivity contribution in [3.63, 3.8) is 0 Å². The summed E-state index contributed by atoms with van der Waals surface area (Å²) in [5, 5.41) is 11.1. The molecule has 0 aromatic heterocycles. The molecule has 1 atom stereocenters. The van der Waals surface area contributed by atoms with Gasteiger partial charge in [0.25, 0.3) is 11.7 Å². The van der Waals surface area contributed by atoms with E-state index in [9.17, 15) is 23.5 Å². The number of para-hydroxylation sites is 1. The van der Waals surface area contributed by atoms with Crippen LogP contribution in [0.25, 0.3) is 5.76 Å². The standard InChI is InChI=1S/C25H19F2NO4/c1-14-7-3-6-10-19(14)28-22(16-8-4-5-9-18(16)27)21(24(30)25(28)31)23(29)17-13-15(26)11-12-20(17)32-2/h3-13,22,29H,1-2H3/b23-21+. The molecular formula is C25H19F2NO4. The minimum absolute atomic E-state index is 0.0203. The second kappa shape index (κ2) is 8.26. The van der Waals surface area contributed by atoms with E-state index in [1.165, 1.54) is 31.4 Å². The zero-order chi connectivity index (χ0) is 23.0. The summed E-state index contributed by atoms with van der Waals surface area (Å²) in [5.74, 6) is -3.82. The van der Waals surface area contributed by atoms with Crippen LogP contribution >= 0.6 is 0 Å². The topological polar surface area (TPSA) is 66.8 Å². The molecule has 5 nitrogen and oxygen atoms in total. The molecule has 0 aliphatic carbocycles. The molecule has 3 aromatic carbocycles. The maximum Gasteiger partial charge on any atom is 0.300 e. The van der Waals surface area contributed by atoms with Gasteiger partial charge in [-0.2, -0.15) is 0 Å². The minimum Gasteiger partial charge on any atom is -0.507 e. The molecule has 1 unspecified atom stereocenters. The molecule has 1 amide bonds. The second-order valence-corrected chi connectivity index (χ2v) is 7.32. The lowest BCUT2D eigenvalue weighted by Crippen LogP contribution is -2.30. The van der Waals surface area contributed by atoms with Gasteiger partial charge in [0.05, 0.1) is 24.3 Å². The molecule has 0 saturated carbocycles. The molecule has 3 aromatic rings. The summed E-state index contributed by atoms with van der Waals surface area (Å²) in [4.78, 5) is 27.4. The fraction of sp³-hybridized carbons (Fsp3) is 0.120. The fourth-order valence-corrected chi connectivity index (χ4v) is 3.92. The number of aliphatic hydroxyl groups is 1. The van der Waals surface area contributed by atoms with Crippen molar-refractivity contribution in [1.29, 1.82) is 0 Å². The zero-order valence-corrected chi connectivity index (χ0v) is 17.3. The molecule has 1 N–H and O–H groups in total. The molecule has 0 radical (unpaired) electrons. The lowest BCUT2D eigenvalue weighted by molar-refractivity contribution is -0.132. The molecule has 0 spiro atoms. The lowest BCUT2D eigenvalue weighted by atomic mass is 9.94. The highest BCUT2D eigenvalue weighted by atomic mass is 19.1. The van der Waals surface area contributed by atoms with E-state index in [-0.39, 0.29) is 22.4 Å². The number of hydrogen-bond donors (Lipinski definition) is 1. The lowest BCUT2D eigenvalue weighted by Gasteiger charge is -2.27. The van der Waals surface area contributed by atoms with Crippen molar-refractivity contribution in [2.24, 2.45) is 0 Å². The fourth-order valence-electron chi connectivity index (χ4n) is 3.92. The van der Waals surface area contributed by atoms with Crippen molar-refractivity contribution >= 4 is 23.1 Å². The van der Waals surface area contributed by atoms with Crippen LogP contribution < -0.4 is 9.64 Å². The number of anilines is 1. The Kier molecular flexibility index (Phi) is 5.48. The number of aliphatic hydroxyl groups excluding tert-OH is 1. The van der Waals surface area contributed by atoms with Gasteiger partial charge in [0, 0.05) is 11.3 Å². The van der Waals surface area contributed by atoms with E-state index in [2.05, 4.69) is 0 Å². The highest BCUT2D eigenvalue weighted by molar-refractivity contribution is 6.51. The van der Waals surface area contributed by atoms with E-state index in [0.717, 1.165) is 17.0 Å². The van der Waals surface area contributed by atoms with Crippen molar-refractivity contribution in [2.45, 2.75) is 13.0 Å². The van der Waals surface area contributed by atoms with E-state index in [4.69, 9.17) is 4.74 Å². The average molecular weight is 435 g/mol. The van der Waals surface area contributed by atoms with Crippen LogP contribution in [0.2, 0.25) is 0 Å². The smallest absolute Gasteiger partial charge is 0.300 e. The van der Waals surface area contributed by atoms with Crippen LogP contribution in [0.4, 0.5) is 14.5 Å². The van der Waals surface area contributed by atoms with Gasteiger partial charge in [-0.05, 0) is 42.8 Å².